The fourth-order valence-electron chi connectivity index (χ4n) is 15.2. The van der Waals surface area contributed by atoms with Crippen LogP contribution in [0.2, 0.25) is 0 Å². The molecule has 4 saturated heterocycles. The Hall–Kier alpha value is -10.2. The summed E-state index contributed by atoms with van der Waals surface area (Å²) in [5, 5.41) is 59.9. The minimum Gasteiger partial charge on any atom is -0.493 e. The van der Waals surface area contributed by atoms with Crippen molar-refractivity contribution in [1.29, 1.82) is 0 Å². The van der Waals surface area contributed by atoms with Gasteiger partial charge in [0.1, 0.15) is 56.9 Å². The van der Waals surface area contributed by atoms with Gasteiger partial charge < -0.3 is 96.1 Å². The highest BCUT2D eigenvalue weighted by molar-refractivity contribution is 8.13. The lowest BCUT2D eigenvalue weighted by Gasteiger charge is -2.33. The van der Waals surface area contributed by atoms with Gasteiger partial charge >= 0.3 is 11.9 Å². The predicted octanol–water partition coefficient (Wildman–Crippen LogP) is 3.94. The number of anilines is 2. The Balaban J connectivity index is 0.000000230. The minimum atomic E-state index is -3.94. The van der Waals surface area contributed by atoms with Crippen molar-refractivity contribution in [3.05, 3.63) is 147 Å². The highest BCUT2D eigenvalue weighted by Gasteiger charge is 2.35. The van der Waals surface area contributed by atoms with Crippen molar-refractivity contribution in [2.24, 2.45) is 32.6 Å². The molecule has 12 rings (SSSR count). The molecule has 46 heteroatoms. The fraction of sp³-hybridized carbons (Fsp3) is 0.506. The number of aliphatic hydroxyl groups excluding tert-OH is 4. The third-order valence-electron chi connectivity index (χ3n) is 21.8. The smallest absolute Gasteiger partial charge is 0.339 e. The van der Waals surface area contributed by atoms with E-state index >= 15 is 0 Å². The van der Waals surface area contributed by atoms with Crippen LogP contribution in [0.1, 0.15) is 136 Å². The Bertz CT molecular complexity index is 5780. The first-order valence-corrected chi connectivity index (χ1v) is 50.5. The number of nitrogens with one attached hydrogen (secondary N) is 3. The molecule has 0 aliphatic carbocycles. The molecule has 3 amide bonds. The van der Waals surface area contributed by atoms with Gasteiger partial charge in [0.15, 0.2) is 0 Å². The number of benzene rings is 4. The summed E-state index contributed by atoms with van der Waals surface area (Å²) in [6, 6.07) is 16.2. The van der Waals surface area contributed by atoms with Crippen molar-refractivity contribution in [2.75, 3.05) is 195 Å². The average Bonchev–Trinajstić information content (AvgIpc) is 1.62. The van der Waals surface area contributed by atoms with Crippen LogP contribution in [0.5, 0.6) is 23.0 Å². The van der Waals surface area contributed by atoms with Crippen LogP contribution in [0.25, 0.3) is 22.4 Å². The third-order valence-corrected chi connectivity index (χ3v) is 28.8. The zero-order valence-corrected chi connectivity index (χ0v) is 80.9. The van der Waals surface area contributed by atoms with Crippen molar-refractivity contribution in [1.82, 2.24) is 61.5 Å². The summed E-state index contributed by atoms with van der Waals surface area (Å²) < 4.78 is 132. The fourth-order valence-corrected chi connectivity index (χ4v) is 20.4. The van der Waals surface area contributed by atoms with Crippen LogP contribution in [0.4, 0.5) is 11.4 Å². The molecule has 736 valence electrons. The number of H-pyrrole nitrogens is 1. The van der Waals surface area contributed by atoms with E-state index in [0.717, 1.165) is 93.7 Å². The first-order chi connectivity index (χ1) is 63.2. The number of primary amides is 2. The second kappa shape index (κ2) is 52.1. The molecule has 8 heterocycles. The van der Waals surface area contributed by atoms with Gasteiger partial charge in [0, 0.05) is 181 Å². The van der Waals surface area contributed by atoms with Gasteiger partial charge in [-0.2, -0.15) is 12.9 Å². The number of hydrogen-bond acceptors (Lipinski definition) is 29. The number of ether oxygens (including phenoxy) is 4. The largest absolute Gasteiger partial charge is 0.493 e. The normalized spacial score (nSPS) is 15.1. The minimum absolute atomic E-state index is 0.0168. The molecule has 41 nitrogen and oxygen atoms in total. The summed E-state index contributed by atoms with van der Waals surface area (Å²) in [6.07, 6.45) is 10.5. The summed E-state index contributed by atoms with van der Waals surface area (Å²) in [5.41, 5.74) is 21.5. The number of aromatic carboxylic acids is 2. The van der Waals surface area contributed by atoms with E-state index in [1.54, 1.807) is 60.8 Å². The molecule has 4 aromatic carbocycles. The quantitative estimate of drug-likeness (QED) is 0.0247. The zero-order valence-electron chi connectivity index (χ0n) is 76.9. The van der Waals surface area contributed by atoms with Crippen molar-refractivity contribution < 1.29 is 107 Å². The van der Waals surface area contributed by atoms with Crippen LogP contribution >= 0.6 is 10.7 Å². The lowest BCUT2D eigenvalue weighted by atomic mass is 10.1. The van der Waals surface area contributed by atoms with Crippen LogP contribution < -0.4 is 52.3 Å². The number of aryl methyl sites for hydroxylation is 6. The van der Waals surface area contributed by atoms with Gasteiger partial charge in [-0.25, -0.2) is 48.2 Å². The number of carbonyl (C=O) groups is 5. The summed E-state index contributed by atoms with van der Waals surface area (Å²) in [5.74, 6) is -3.04. The number of nitrogens with two attached hydrogens (primary N) is 3. The molecular weight excluding hydrogens is 1830 g/mol. The number of halogens is 1. The number of aromatic amines is 1. The standard InChI is InChI=1S/C24H35N5O6S.C24H33N5O5S.C15H22N2O6S.C9H9ClO5S.C9H15N3O.C6H14N2O/c1-4-6-17-16-27(3)22(23(25)31)21(17)26-24(32)19-15-18(7-8-20(19)35-5-2)36(33,34)29-11-9-28(10-12-29)13-14-30;1-4-6-17-16-27(3)22-21(17)25-23(26-24(22)31)19-15-18(7-8-20(19)34-5-2)35(32,33)29-11-9-28(10-12-29)13-14-30;1-2-23-14-4-3-12(11-13(14)15(19)20)24(21,22)17-7-5-16(6-8-17)9-10-18;1-2-15-8-4-3-6(16(10,13)14)5-7(8)9(11)12;1-3-4-6-5-12(2)8(7(6)10)9(11)13;9-6-5-8-3-1-7-2-4-8/h7-8,15-16,30H,4-6,9-14H2,1-3H3,(H2,25,31)(H,26,32);7-8,15-16,30H,4-6,9-14H2,1-3H3,(H,25,26,31);3-4,11,18H,2,5-10H2,1H3,(H,19,20);3-5H,2H2,1H3,(H,11,12);5H,3-4,10H2,1-2H3,(H2,11,13);7,9H,1-6H2. The van der Waals surface area contributed by atoms with Gasteiger partial charge in [-0.1, -0.05) is 40.0 Å². The van der Waals surface area contributed by atoms with Gasteiger partial charge in [0.05, 0.1) is 100 Å². The van der Waals surface area contributed by atoms with Crippen LogP contribution in [0.3, 0.4) is 0 Å². The molecule has 4 aliphatic rings. The number of nitrogens with zero attached hydrogens (tertiary/aromatic N) is 11. The van der Waals surface area contributed by atoms with E-state index in [0.29, 0.717) is 151 Å². The number of β-amino-alcohol motifs (C(OH)–C–C–N with tert-alkyl or cyclic N) is 4. The van der Waals surface area contributed by atoms with Crippen molar-refractivity contribution in [2.45, 2.75) is 107 Å². The van der Waals surface area contributed by atoms with Crippen molar-refractivity contribution >= 4 is 102 Å². The number of rotatable bonds is 36. The van der Waals surface area contributed by atoms with Gasteiger partial charge in [-0.05, 0) is 136 Å². The molecule has 0 unspecified atom stereocenters. The Morgan fingerprint density at radius 3 is 1.20 bits per heavy atom. The molecule has 0 atom stereocenters. The van der Waals surface area contributed by atoms with E-state index < -0.39 is 68.8 Å². The average molecular weight is 1960 g/mol. The van der Waals surface area contributed by atoms with E-state index in [-0.39, 0.29) is 117 Å². The van der Waals surface area contributed by atoms with Gasteiger partial charge in [0.25, 0.3) is 32.3 Å². The monoisotopic (exact) mass is 1960 g/mol. The molecule has 4 aliphatic heterocycles. The molecule has 0 spiro atoms. The summed E-state index contributed by atoms with van der Waals surface area (Å²) in [6.45, 7) is 26.5. The lowest BCUT2D eigenvalue weighted by Crippen LogP contribution is -2.49. The summed E-state index contributed by atoms with van der Waals surface area (Å²) in [4.78, 5) is 87.3. The Kier molecular flexibility index (Phi) is 43.0. The molecule has 8 aromatic rings. The number of aliphatic hydroxyl groups is 4. The van der Waals surface area contributed by atoms with Crippen LogP contribution in [-0.4, -0.2) is 334 Å². The number of carboxylic acids is 2. The van der Waals surface area contributed by atoms with Crippen molar-refractivity contribution in [3.8, 4) is 34.4 Å². The third kappa shape index (κ3) is 29.7. The van der Waals surface area contributed by atoms with E-state index in [2.05, 4.69) is 34.4 Å². The second-order valence-electron chi connectivity index (χ2n) is 31.0. The molecule has 15 N–H and O–H groups in total. The highest BCUT2D eigenvalue weighted by atomic mass is 35.7. The number of nitrogen functional groups attached to an aromatic ring is 1. The summed E-state index contributed by atoms with van der Waals surface area (Å²) >= 11 is 0. The molecule has 4 fully saturated rings. The number of aromatic nitrogens is 5. The maximum atomic E-state index is 13.4. The number of carboxylic acid groups (broad SMARTS) is 2. The summed E-state index contributed by atoms with van der Waals surface area (Å²) in [7, 11) is -4.96. The number of piperazine rings is 4. The molecule has 0 bridgehead atoms. The zero-order chi connectivity index (χ0) is 98.2. The molecule has 0 saturated carbocycles. The Morgan fingerprint density at radius 1 is 0.459 bits per heavy atom. The number of fused-ring (bicyclic) bond motifs is 1. The van der Waals surface area contributed by atoms with Crippen molar-refractivity contribution in [3.63, 3.8) is 0 Å². The molecule has 4 aromatic heterocycles. The molecule has 133 heavy (non-hydrogen) atoms. The number of amides is 3. The molecular formula is C87H128ClN17O24S4. The topological polar surface area (TPSA) is 566 Å². The number of sulfonamides is 3. The van der Waals surface area contributed by atoms with Crippen LogP contribution in [0.15, 0.2) is 116 Å². The SMILES string of the molecule is CCCc1cn(C)c(C(N)=O)c1N.CCCc1cn(C)c(C(N)=O)c1NC(=O)c1cc(S(=O)(=O)N2CCN(CCO)CC2)ccc1OCC.CCCc1cn(C)c2c(=O)[nH]c(-c3cc(S(=O)(=O)N4CCN(CCO)CC4)ccc3OCC)nc12.CCOc1ccc(S(=O)(=O)Cl)cc1C(=O)O.CCOc1ccc(S(=O)(=O)N2CCN(CCO)CC2)cc1C(=O)O.OCCN1CCNCC1. The van der Waals surface area contributed by atoms with Crippen LogP contribution in [0, 0.1) is 0 Å². The van der Waals surface area contributed by atoms with Gasteiger partial charge in [-0.15, -0.1) is 0 Å². The van der Waals surface area contributed by atoms with Gasteiger partial charge in [0.2, 0.25) is 30.1 Å². The lowest BCUT2D eigenvalue weighted by molar-refractivity contribution is 0.0681. The highest BCUT2D eigenvalue weighted by Crippen LogP contribution is 2.36. The maximum Gasteiger partial charge on any atom is 0.339 e. The number of carbonyl (C=O) groups excluding carboxylic acids is 3. The first-order valence-electron chi connectivity index (χ1n) is 43.8. The second-order valence-corrected chi connectivity index (χ2v) is 39.3. The maximum absolute atomic E-state index is 13.4. The van der Waals surface area contributed by atoms with E-state index in [1.807, 2.05) is 48.0 Å². The van der Waals surface area contributed by atoms with E-state index in [1.165, 1.54) is 67.5 Å². The Morgan fingerprint density at radius 2 is 0.805 bits per heavy atom. The molecule has 0 radical (unpaired) electrons. The predicted molar refractivity (Wildman–Crippen MR) is 503 cm³/mol. The van der Waals surface area contributed by atoms with E-state index in [9.17, 15) is 67.5 Å². The first kappa shape index (κ1) is 110. The van der Waals surface area contributed by atoms with E-state index in [4.69, 9.17) is 77.3 Å². The number of hydrogen-bond donors (Lipinski definition) is 12. The van der Waals surface area contributed by atoms with Gasteiger partial charge in [-0.3, -0.25) is 38.8 Å². The van der Waals surface area contributed by atoms with Crippen LogP contribution in [-0.2, 0) is 79.5 Å². The Labute approximate surface area is 780 Å².